The summed E-state index contributed by atoms with van der Waals surface area (Å²) in [5.74, 6) is 0.284. The fraction of sp³-hybridized carbons (Fsp3) is 0.280. The molecule has 0 unspecified atom stereocenters. The number of hydrogen-bond donors (Lipinski definition) is 1. The Balaban J connectivity index is 1.27. The van der Waals surface area contributed by atoms with Gasteiger partial charge in [0.15, 0.2) is 5.65 Å². The summed E-state index contributed by atoms with van der Waals surface area (Å²) in [6.45, 7) is 1.04. The maximum Gasteiger partial charge on any atom is 0.573 e. The molecular weight excluding hydrogens is 623 g/mol. The van der Waals surface area contributed by atoms with E-state index in [4.69, 9.17) is 16.6 Å². The lowest BCUT2D eigenvalue weighted by Gasteiger charge is -2.31. The van der Waals surface area contributed by atoms with Crippen LogP contribution in [0.1, 0.15) is 12.8 Å². The molecule has 0 aliphatic carbocycles. The van der Waals surface area contributed by atoms with Crippen LogP contribution in [0.4, 0.5) is 19.0 Å². The number of nitrogens with zero attached hydrogens (tertiary/aromatic N) is 4. The van der Waals surface area contributed by atoms with E-state index in [0.29, 0.717) is 41.6 Å². The first-order valence-corrected chi connectivity index (χ1v) is 14.5. The van der Waals surface area contributed by atoms with Gasteiger partial charge in [-0.25, -0.2) is 13.4 Å². The largest absolute Gasteiger partial charge is 0.573 e. The lowest BCUT2D eigenvalue weighted by Crippen LogP contribution is -2.39. The molecule has 8 nitrogen and oxygen atoms in total. The zero-order valence-corrected chi connectivity index (χ0v) is 23.4. The van der Waals surface area contributed by atoms with E-state index in [1.807, 2.05) is 24.3 Å². The van der Waals surface area contributed by atoms with Crippen molar-refractivity contribution in [3.63, 3.8) is 0 Å². The Kier molecular flexibility index (Phi) is 7.77. The van der Waals surface area contributed by atoms with Crippen LogP contribution in [0.5, 0.6) is 5.75 Å². The van der Waals surface area contributed by atoms with Gasteiger partial charge in [0.1, 0.15) is 11.6 Å². The van der Waals surface area contributed by atoms with Gasteiger partial charge in [0, 0.05) is 42.4 Å². The minimum Gasteiger partial charge on any atom is -0.406 e. The van der Waals surface area contributed by atoms with Gasteiger partial charge in [-0.05, 0) is 52.9 Å². The Labute approximate surface area is 235 Å². The third-order valence-corrected chi connectivity index (χ3v) is 9.18. The Bertz CT molecular complexity index is 1610. The molecular formula is C25H22BrClF3N5O3S. The first-order chi connectivity index (χ1) is 18.5. The van der Waals surface area contributed by atoms with E-state index in [-0.39, 0.29) is 23.9 Å². The molecule has 0 atom stereocenters. The summed E-state index contributed by atoms with van der Waals surface area (Å²) in [7, 11) is -3.97. The van der Waals surface area contributed by atoms with Crippen molar-refractivity contribution in [3.05, 3.63) is 70.3 Å². The number of nitrogens with one attached hydrogen (secondary N) is 1. The van der Waals surface area contributed by atoms with Crippen molar-refractivity contribution in [2.75, 3.05) is 25.0 Å². The number of ether oxygens (including phenoxy) is 1. The molecule has 206 valence electrons. The third-order valence-electron chi connectivity index (χ3n) is 6.40. The van der Waals surface area contributed by atoms with E-state index in [1.54, 1.807) is 16.8 Å². The van der Waals surface area contributed by atoms with Crippen molar-refractivity contribution < 1.29 is 26.3 Å². The molecule has 0 amide bonds. The third kappa shape index (κ3) is 6.16. The predicted molar refractivity (Wildman–Crippen MR) is 144 cm³/mol. The second-order valence-corrected chi connectivity index (χ2v) is 12.2. The first kappa shape index (κ1) is 27.7. The van der Waals surface area contributed by atoms with Gasteiger partial charge in [-0.15, -0.1) is 13.2 Å². The highest BCUT2D eigenvalue weighted by Crippen LogP contribution is 2.32. The Morgan fingerprint density at radius 2 is 1.85 bits per heavy atom. The minimum absolute atomic E-state index is 0.155. The molecule has 0 bridgehead atoms. The predicted octanol–water partition coefficient (Wildman–Crippen LogP) is 6.22. The van der Waals surface area contributed by atoms with Gasteiger partial charge in [-0.1, -0.05) is 35.9 Å². The van der Waals surface area contributed by atoms with E-state index >= 15 is 0 Å². The number of rotatable bonds is 7. The molecule has 5 rings (SSSR count). The summed E-state index contributed by atoms with van der Waals surface area (Å²) in [6.07, 6.45) is -2.12. The van der Waals surface area contributed by atoms with Crippen molar-refractivity contribution in [1.82, 2.24) is 18.9 Å². The normalized spacial score (nSPS) is 15.5. The highest BCUT2D eigenvalue weighted by molar-refractivity contribution is 9.10. The monoisotopic (exact) mass is 643 g/mol. The number of benzene rings is 2. The molecule has 1 saturated heterocycles. The molecule has 1 aliphatic rings. The molecule has 4 aromatic rings. The van der Waals surface area contributed by atoms with Gasteiger partial charge in [0.25, 0.3) is 0 Å². The topological polar surface area (TPSA) is 88.8 Å². The molecule has 0 radical (unpaired) electrons. The molecule has 2 aromatic carbocycles. The van der Waals surface area contributed by atoms with Crippen LogP contribution in [0.15, 0.2) is 70.2 Å². The van der Waals surface area contributed by atoms with Crippen molar-refractivity contribution in [1.29, 1.82) is 0 Å². The quantitative estimate of drug-likeness (QED) is 0.257. The highest BCUT2D eigenvalue weighted by atomic mass is 79.9. The van der Waals surface area contributed by atoms with Crippen molar-refractivity contribution in [2.24, 2.45) is 5.92 Å². The second-order valence-electron chi connectivity index (χ2n) is 8.99. The summed E-state index contributed by atoms with van der Waals surface area (Å²) < 4.78 is 71.4. The van der Waals surface area contributed by atoms with Crippen LogP contribution in [0.3, 0.4) is 0 Å². The molecule has 0 spiro atoms. The molecule has 3 heterocycles. The van der Waals surface area contributed by atoms with Gasteiger partial charge < -0.3 is 10.1 Å². The molecule has 1 fully saturated rings. The minimum atomic E-state index is -4.91. The second kappa shape index (κ2) is 11.0. The fourth-order valence-electron chi connectivity index (χ4n) is 4.45. The average molecular weight is 645 g/mol. The van der Waals surface area contributed by atoms with Crippen LogP contribution >= 0.6 is 27.5 Å². The van der Waals surface area contributed by atoms with Gasteiger partial charge >= 0.3 is 6.36 Å². The van der Waals surface area contributed by atoms with E-state index in [0.717, 1.165) is 22.2 Å². The summed E-state index contributed by atoms with van der Waals surface area (Å²) in [5, 5.41) is 8.38. The van der Waals surface area contributed by atoms with Crippen LogP contribution in [0.25, 0.3) is 16.9 Å². The summed E-state index contributed by atoms with van der Waals surface area (Å²) in [4.78, 5) is 4.46. The molecule has 0 saturated carbocycles. The highest BCUT2D eigenvalue weighted by Gasteiger charge is 2.33. The Morgan fingerprint density at radius 3 is 2.56 bits per heavy atom. The lowest BCUT2D eigenvalue weighted by molar-refractivity contribution is -0.274. The Morgan fingerprint density at radius 1 is 1.10 bits per heavy atom. The SMILES string of the molecule is O=S(=O)(c1cccc(OC(F)(F)F)c1)N1CCC(CNc2cc(-c3ccccc3Cl)nc3c(Br)cnn23)CC1. The van der Waals surface area contributed by atoms with Gasteiger partial charge in [-0.2, -0.15) is 13.9 Å². The molecule has 39 heavy (non-hydrogen) atoms. The number of hydrogen-bond acceptors (Lipinski definition) is 6. The van der Waals surface area contributed by atoms with E-state index in [9.17, 15) is 21.6 Å². The number of fused-ring (bicyclic) bond motifs is 1. The number of anilines is 1. The van der Waals surface area contributed by atoms with Crippen LogP contribution in [-0.4, -0.2) is 53.3 Å². The zero-order valence-electron chi connectivity index (χ0n) is 20.2. The number of aromatic nitrogens is 3. The number of alkyl halides is 3. The van der Waals surface area contributed by atoms with Gasteiger partial charge in [-0.3, -0.25) is 0 Å². The van der Waals surface area contributed by atoms with Crippen LogP contribution in [0, 0.1) is 5.92 Å². The number of sulfonamides is 1. The van der Waals surface area contributed by atoms with E-state index in [1.165, 1.54) is 16.4 Å². The van der Waals surface area contributed by atoms with E-state index in [2.05, 4.69) is 31.1 Å². The molecule has 14 heteroatoms. The van der Waals surface area contributed by atoms with E-state index < -0.39 is 22.1 Å². The van der Waals surface area contributed by atoms with Gasteiger partial charge in [0.05, 0.1) is 21.3 Å². The number of halogens is 5. The van der Waals surface area contributed by atoms with Crippen LogP contribution in [0.2, 0.25) is 5.02 Å². The van der Waals surface area contributed by atoms with Crippen molar-refractivity contribution >= 4 is 49.0 Å². The summed E-state index contributed by atoms with van der Waals surface area (Å²) in [6, 6.07) is 13.7. The standard InChI is InChI=1S/C25H22BrClF3N5O3S/c26-20-15-32-35-23(13-22(33-24(20)35)19-6-1-2-7-21(19)27)31-14-16-8-10-34(11-9-16)39(36,37)18-5-3-4-17(12-18)38-25(28,29)30/h1-7,12-13,15-16,31H,8-11,14H2. The Hall–Kier alpha value is -2.87. The molecule has 1 aliphatic heterocycles. The maximum atomic E-state index is 13.1. The smallest absolute Gasteiger partial charge is 0.406 e. The van der Waals surface area contributed by atoms with Crippen LogP contribution in [-0.2, 0) is 10.0 Å². The summed E-state index contributed by atoms with van der Waals surface area (Å²) in [5.41, 5.74) is 2.07. The summed E-state index contributed by atoms with van der Waals surface area (Å²) >= 11 is 9.89. The first-order valence-electron chi connectivity index (χ1n) is 11.9. The maximum absolute atomic E-state index is 13.1. The fourth-order valence-corrected chi connectivity index (χ4v) is 6.54. The zero-order chi connectivity index (χ0) is 27.8. The van der Waals surface area contributed by atoms with Crippen LogP contribution < -0.4 is 10.1 Å². The number of piperidine rings is 1. The lowest BCUT2D eigenvalue weighted by atomic mass is 9.98. The molecule has 1 N–H and O–H groups in total. The van der Waals surface area contributed by atoms with Gasteiger partial charge in [0.2, 0.25) is 10.0 Å². The van der Waals surface area contributed by atoms with Crippen molar-refractivity contribution in [2.45, 2.75) is 24.1 Å². The molecule has 2 aromatic heterocycles. The van der Waals surface area contributed by atoms with Crippen molar-refractivity contribution in [3.8, 4) is 17.0 Å². The average Bonchev–Trinajstić information content (AvgIpc) is 3.27.